The van der Waals surface area contributed by atoms with E-state index in [2.05, 4.69) is 10.3 Å². The van der Waals surface area contributed by atoms with Crippen LogP contribution in [-0.2, 0) is 11.3 Å². The molecule has 0 saturated heterocycles. The summed E-state index contributed by atoms with van der Waals surface area (Å²) in [7, 11) is 0. The third-order valence-electron chi connectivity index (χ3n) is 3.19. The first-order valence-corrected chi connectivity index (χ1v) is 6.89. The van der Waals surface area contributed by atoms with Gasteiger partial charge >= 0.3 is 5.69 Å². The minimum Gasteiger partial charge on any atom is -0.383 e. The van der Waals surface area contributed by atoms with E-state index in [0.717, 1.165) is 0 Å². The SMILES string of the molecule is CCOCC(Nc1c(N)n(CC)c(=O)[nH]c1=O)C(C)C. The van der Waals surface area contributed by atoms with Gasteiger partial charge < -0.3 is 15.8 Å². The van der Waals surface area contributed by atoms with Gasteiger partial charge in [0.2, 0.25) is 0 Å². The Morgan fingerprint density at radius 1 is 1.35 bits per heavy atom. The van der Waals surface area contributed by atoms with Crippen LogP contribution in [0.5, 0.6) is 0 Å². The van der Waals surface area contributed by atoms with Crippen LogP contribution >= 0.6 is 0 Å². The minimum absolute atomic E-state index is 0.0545. The van der Waals surface area contributed by atoms with Gasteiger partial charge in [-0.25, -0.2) is 4.79 Å². The molecule has 0 aliphatic carbocycles. The standard InChI is InChI=1S/C13H24N4O3/c1-5-17-11(14)10(12(18)16-13(17)19)15-9(8(3)4)7-20-6-2/h8-9,15H,5-7,14H2,1-4H3,(H,16,18,19). The maximum atomic E-state index is 11.9. The zero-order chi connectivity index (χ0) is 15.3. The Morgan fingerprint density at radius 2 is 2.00 bits per heavy atom. The van der Waals surface area contributed by atoms with Crippen LogP contribution in [-0.4, -0.2) is 28.8 Å². The maximum Gasteiger partial charge on any atom is 0.330 e. The first kappa shape index (κ1) is 16.3. The van der Waals surface area contributed by atoms with Crippen LogP contribution in [0.15, 0.2) is 9.59 Å². The molecule has 0 spiro atoms. The lowest BCUT2D eigenvalue weighted by Crippen LogP contribution is -2.38. The number of aromatic nitrogens is 2. The Bertz CT molecular complexity index is 548. The van der Waals surface area contributed by atoms with E-state index < -0.39 is 11.2 Å². The summed E-state index contributed by atoms with van der Waals surface area (Å²) in [4.78, 5) is 25.8. The number of ether oxygens (including phenoxy) is 1. The molecule has 0 radical (unpaired) electrons. The van der Waals surface area contributed by atoms with E-state index in [-0.39, 0.29) is 23.5 Å². The van der Waals surface area contributed by atoms with Crippen molar-refractivity contribution >= 4 is 11.5 Å². The molecule has 4 N–H and O–H groups in total. The highest BCUT2D eigenvalue weighted by atomic mass is 16.5. The molecule has 20 heavy (non-hydrogen) atoms. The summed E-state index contributed by atoms with van der Waals surface area (Å²) in [5.41, 5.74) is 5.14. The molecule has 0 bridgehead atoms. The molecule has 1 aromatic heterocycles. The van der Waals surface area contributed by atoms with Crippen molar-refractivity contribution in [3.05, 3.63) is 20.8 Å². The number of nitrogens with zero attached hydrogens (tertiary/aromatic N) is 1. The average Bonchev–Trinajstić information content (AvgIpc) is 2.37. The summed E-state index contributed by atoms with van der Waals surface area (Å²) in [5.74, 6) is 0.408. The fraction of sp³-hybridized carbons (Fsp3) is 0.692. The van der Waals surface area contributed by atoms with Crippen molar-refractivity contribution in [1.29, 1.82) is 0 Å². The molecular formula is C13H24N4O3. The van der Waals surface area contributed by atoms with Crippen LogP contribution in [0.4, 0.5) is 11.5 Å². The Hall–Kier alpha value is -1.76. The van der Waals surface area contributed by atoms with Crippen LogP contribution in [0, 0.1) is 5.92 Å². The van der Waals surface area contributed by atoms with Crippen molar-refractivity contribution in [2.24, 2.45) is 5.92 Å². The number of hydrogen-bond acceptors (Lipinski definition) is 5. The molecule has 0 saturated carbocycles. The largest absolute Gasteiger partial charge is 0.383 e. The Kier molecular flexibility index (Phi) is 5.82. The second-order valence-corrected chi connectivity index (χ2v) is 4.92. The second kappa shape index (κ2) is 7.14. The van der Waals surface area contributed by atoms with Gasteiger partial charge in [-0.3, -0.25) is 14.3 Å². The molecule has 1 unspecified atom stereocenters. The maximum absolute atomic E-state index is 11.9. The van der Waals surface area contributed by atoms with Gasteiger partial charge in [0.05, 0.1) is 12.6 Å². The van der Waals surface area contributed by atoms with Gasteiger partial charge in [-0.1, -0.05) is 13.8 Å². The number of anilines is 2. The molecular weight excluding hydrogens is 260 g/mol. The lowest BCUT2D eigenvalue weighted by Gasteiger charge is -2.24. The number of nitrogen functional groups attached to an aromatic ring is 1. The smallest absolute Gasteiger partial charge is 0.330 e. The topological polar surface area (TPSA) is 102 Å². The van der Waals surface area contributed by atoms with E-state index in [0.29, 0.717) is 19.8 Å². The van der Waals surface area contributed by atoms with Crippen LogP contribution in [0.1, 0.15) is 27.7 Å². The highest BCUT2D eigenvalue weighted by molar-refractivity contribution is 5.60. The van der Waals surface area contributed by atoms with Crippen molar-refractivity contribution in [3.8, 4) is 0 Å². The molecule has 1 atom stereocenters. The van der Waals surface area contributed by atoms with Gasteiger partial charge in [0.25, 0.3) is 5.56 Å². The highest BCUT2D eigenvalue weighted by Gasteiger charge is 2.18. The van der Waals surface area contributed by atoms with E-state index in [1.165, 1.54) is 4.57 Å². The molecule has 0 aliphatic heterocycles. The van der Waals surface area contributed by atoms with Crippen molar-refractivity contribution in [2.45, 2.75) is 40.3 Å². The predicted molar refractivity (Wildman–Crippen MR) is 80.2 cm³/mol. The fourth-order valence-corrected chi connectivity index (χ4v) is 1.87. The van der Waals surface area contributed by atoms with Crippen molar-refractivity contribution < 1.29 is 4.74 Å². The summed E-state index contributed by atoms with van der Waals surface area (Å²) >= 11 is 0. The molecule has 114 valence electrons. The van der Waals surface area contributed by atoms with Crippen LogP contribution in [0.2, 0.25) is 0 Å². The number of H-pyrrole nitrogens is 1. The van der Waals surface area contributed by atoms with E-state index >= 15 is 0 Å². The molecule has 0 aromatic carbocycles. The van der Waals surface area contributed by atoms with Crippen LogP contribution in [0.3, 0.4) is 0 Å². The zero-order valence-electron chi connectivity index (χ0n) is 12.5. The third kappa shape index (κ3) is 3.63. The van der Waals surface area contributed by atoms with Crippen molar-refractivity contribution in [3.63, 3.8) is 0 Å². The van der Waals surface area contributed by atoms with E-state index in [9.17, 15) is 9.59 Å². The zero-order valence-corrected chi connectivity index (χ0v) is 12.5. The number of aromatic amines is 1. The predicted octanol–water partition coefficient (Wildman–Crippen LogP) is 0.612. The van der Waals surface area contributed by atoms with Gasteiger partial charge in [0.15, 0.2) is 0 Å². The molecule has 1 rings (SSSR count). The summed E-state index contributed by atoms with van der Waals surface area (Å²) < 4.78 is 6.73. The number of hydrogen-bond donors (Lipinski definition) is 3. The van der Waals surface area contributed by atoms with Gasteiger partial charge in [-0.05, 0) is 19.8 Å². The van der Waals surface area contributed by atoms with E-state index in [4.69, 9.17) is 10.5 Å². The minimum atomic E-state index is -0.501. The first-order chi connectivity index (χ1) is 9.42. The van der Waals surface area contributed by atoms with E-state index in [1.807, 2.05) is 20.8 Å². The quantitative estimate of drug-likeness (QED) is 0.681. The molecule has 0 fully saturated rings. The van der Waals surface area contributed by atoms with Gasteiger partial charge in [-0.15, -0.1) is 0 Å². The van der Waals surface area contributed by atoms with Gasteiger partial charge in [0.1, 0.15) is 11.5 Å². The molecule has 0 aliphatic rings. The monoisotopic (exact) mass is 284 g/mol. The summed E-state index contributed by atoms with van der Waals surface area (Å²) in [6, 6.07) is -0.0545. The summed E-state index contributed by atoms with van der Waals surface area (Å²) in [5, 5.41) is 3.10. The van der Waals surface area contributed by atoms with Crippen molar-refractivity contribution in [2.75, 3.05) is 24.3 Å². The Balaban J connectivity index is 3.12. The lowest BCUT2D eigenvalue weighted by molar-refractivity contribution is 0.127. The number of rotatable bonds is 7. The second-order valence-electron chi connectivity index (χ2n) is 4.92. The summed E-state index contributed by atoms with van der Waals surface area (Å²) in [6.07, 6.45) is 0. The molecule has 0 amide bonds. The Morgan fingerprint density at radius 3 is 2.50 bits per heavy atom. The van der Waals surface area contributed by atoms with Crippen LogP contribution in [0.25, 0.3) is 0 Å². The highest BCUT2D eigenvalue weighted by Crippen LogP contribution is 2.15. The number of nitrogens with one attached hydrogen (secondary N) is 2. The van der Waals surface area contributed by atoms with Gasteiger partial charge in [-0.2, -0.15) is 0 Å². The molecule has 7 heteroatoms. The number of nitrogens with two attached hydrogens (primary N) is 1. The molecule has 1 aromatic rings. The van der Waals surface area contributed by atoms with Crippen molar-refractivity contribution in [1.82, 2.24) is 9.55 Å². The lowest BCUT2D eigenvalue weighted by atomic mass is 10.1. The van der Waals surface area contributed by atoms with Gasteiger partial charge in [0, 0.05) is 13.2 Å². The third-order valence-corrected chi connectivity index (χ3v) is 3.19. The van der Waals surface area contributed by atoms with Crippen LogP contribution < -0.4 is 22.3 Å². The summed E-state index contributed by atoms with van der Waals surface area (Å²) in [6.45, 7) is 9.22. The first-order valence-electron chi connectivity index (χ1n) is 6.89. The molecule has 1 heterocycles. The normalized spacial score (nSPS) is 12.7. The van der Waals surface area contributed by atoms with E-state index in [1.54, 1.807) is 6.92 Å². The Labute approximate surface area is 118 Å². The fourth-order valence-electron chi connectivity index (χ4n) is 1.87. The molecule has 7 nitrogen and oxygen atoms in total. The average molecular weight is 284 g/mol.